The molecule has 8 rings (SSSR count). The molecule has 0 bridgehead atoms. The fourth-order valence-electron chi connectivity index (χ4n) is 11.7. The molecule has 0 radical (unpaired) electrons. The van der Waals surface area contributed by atoms with Gasteiger partial charge in [-0.1, -0.05) is 50.3 Å². The SMILES string of the molecule is C=C1CCC2C3CCc4c(ccc(O)c4-c4c(O)ccc5c4CCC4C5CC[C@]5(C)C(=C)CCC45)C3CCC12C. The molecule has 7 unspecified atom stereocenters. The van der Waals surface area contributed by atoms with E-state index in [9.17, 15) is 10.2 Å². The van der Waals surface area contributed by atoms with Crippen molar-refractivity contribution in [2.75, 3.05) is 0 Å². The first-order valence-electron chi connectivity index (χ1n) is 16.3. The van der Waals surface area contributed by atoms with Crippen molar-refractivity contribution in [3.63, 3.8) is 0 Å². The maximum Gasteiger partial charge on any atom is 0.123 e. The van der Waals surface area contributed by atoms with Gasteiger partial charge in [-0.15, -0.1) is 0 Å². The van der Waals surface area contributed by atoms with Crippen LogP contribution in [0.3, 0.4) is 0 Å². The van der Waals surface area contributed by atoms with Crippen molar-refractivity contribution in [3.8, 4) is 22.6 Å². The highest BCUT2D eigenvalue weighted by molar-refractivity contribution is 5.83. The highest BCUT2D eigenvalue weighted by Crippen LogP contribution is 2.65. The molecule has 2 heteroatoms. The van der Waals surface area contributed by atoms with Crippen LogP contribution in [0.25, 0.3) is 11.1 Å². The maximum atomic E-state index is 11.5. The van der Waals surface area contributed by atoms with Crippen molar-refractivity contribution in [2.24, 2.45) is 34.5 Å². The molecule has 0 aromatic heterocycles. The molecule has 2 N–H and O–H groups in total. The van der Waals surface area contributed by atoms with Crippen LogP contribution < -0.4 is 0 Å². The number of aromatic hydroxyl groups is 2. The van der Waals surface area contributed by atoms with Crippen LogP contribution in [0.1, 0.15) is 112 Å². The average molecular weight is 535 g/mol. The molecule has 6 aliphatic rings. The molecule has 0 saturated heterocycles. The van der Waals surface area contributed by atoms with Crippen molar-refractivity contribution in [3.05, 3.63) is 70.8 Å². The molecule has 210 valence electrons. The van der Waals surface area contributed by atoms with Crippen molar-refractivity contribution in [1.29, 1.82) is 0 Å². The highest BCUT2D eigenvalue weighted by Gasteiger charge is 2.54. The van der Waals surface area contributed by atoms with Gasteiger partial charge in [0, 0.05) is 11.1 Å². The van der Waals surface area contributed by atoms with Crippen LogP contribution in [0.15, 0.2) is 48.6 Å². The predicted octanol–water partition coefficient (Wildman–Crippen LogP) is 9.59. The van der Waals surface area contributed by atoms with Crippen LogP contribution in [0.4, 0.5) is 0 Å². The summed E-state index contributed by atoms with van der Waals surface area (Å²) in [7, 11) is 0. The first-order valence-corrected chi connectivity index (χ1v) is 16.3. The number of hydrogen-bond donors (Lipinski definition) is 2. The molecule has 0 aliphatic heterocycles. The molecule has 4 fully saturated rings. The highest BCUT2D eigenvalue weighted by atomic mass is 16.3. The lowest BCUT2D eigenvalue weighted by Gasteiger charge is -2.50. The van der Waals surface area contributed by atoms with Crippen LogP contribution in [-0.4, -0.2) is 10.2 Å². The second kappa shape index (κ2) is 8.52. The van der Waals surface area contributed by atoms with E-state index >= 15 is 0 Å². The third-order valence-electron chi connectivity index (χ3n) is 13.9. The molecular weight excluding hydrogens is 488 g/mol. The summed E-state index contributed by atoms with van der Waals surface area (Å²) < 4.78 is 0. The Hall–Kier alpha value is -2.48. The zero-order chi connectivity index (χ0) is 27.6. The molecule has 0 heterocycles. The second-order valence-electron chi connectivity index (χ2n) is 15.1. The van der Waals surface area contributed by atoms with Crippen molar-refractivity contribution in [1.82, 2.24) is 0 Å². The Balaban J connectivity index is 1.21. The van der Waals surface area contributed by atoms with Crippen LogP contribution in [0, 0.1) is 34.5 Å². The normalized spacial score (nSPS) is 39.5. The summed E-state index contributed by atoms with van der Waals surface area (Å²) in [5, 5.41) is 22.9. The number of benzene rings is 2. The fraction of sp³-hybridized carbons (Fsp3) is 0.579. The first-order chi connectivity index (χ1) is 19.2. The topological polar surface area (TPSA) is 40.5 Å². The summed E-state index contributed by atoms with van der Waals surface area (Å²) in [5.41, 5.74) is 11.0. The van der Waals surface area contributed by atoms with Crippen molar-refractivity contribution >= 4 is 0 Å². The first kappa shape index (κ1) is 25.2. The van der Waals surface area contributed by atoms with E-state index in [4.69, 9.17) is 0 Å². The number of phenols is 2. The van der Waals surface area contributed by atoms with E-state index < -0.39 is 0 Å². The molecular formula is C38H46O2. The smallest absolute Gasteiger partial charge is 0.123 e. The van der Waals surface area contributed by atoms with Gasteiger partial charge in [0.05, 0.1) is 0 Å². The Labute approximate surface area is 240 Å². The van der Waals surface area contributed by atoms with Gasteiger partial charge < -0.3 is 10.2 Å². The van der Waals surface area contributed by atoms with Gasteiger partial charge in [0.25, 0.3) is 0 Å². The Morgan fingerprint density at radius 2 is 1.02 bits per heavy atom. The number of hydrogen-bond acceptors (Lipinski definition) is 2. The molecule has 8 atom stereocenters. The maximum absolute atomic E-state index is 11.5. The van der Waals surface area contributed by atoms with E-state index in [1.54, 1.807) is 0 Å². The molecule has 0 amide bonds. The lowest BCUT2D eigenvalue weighted by atomic mass is 9.54. The third-order valence-corrected chi connectivity index (χ3v) is 13.9. The van der Waals surface area contributed by atoms with E-state index in [0.29, 0.717) is 46.0 Å². The monoisotopic (exact) mass is 534 g/mol. The predicted molar refractivity (Wildman–Crippen MR) is 163 cm³/mol. The van der Waals surface area contributed by atoms with E-state index in [-0.39, 0.29) is 0 Å². The van der Waals surface area contributed by atoms with Crippen LogP contribution in [0.2, 0.25) is 0 Å². The minimum absolute atomic E-state index is 0.313. The zero-order valence-electron chi connectivity index (χ0n) is 24.6. The van der Waals surface area contributed by atoms with E-state index in [0.717, 1.165) is 35.8 Å². The van der Waals surface area contributed by atoms with Gasteiger partial charge in [-0.3, -0.25) is 0 Å². The van der Waals surface area contributed by atoms with Crippen LogP contribution in [0.5, 0.6) is 11.5 Å². The molecule has 2 aromatic rings. The Bertz CT molecular complexity index is 1340. The van der Waals surface area contributed by atoms with Gasteiger partial charge in [-0.2, -0.15) is 0 Å². The molecule has 2 aromatic carbocycles. The van der Waals surface area contributed by atoms with Gasteiger partial charge in [-0.25, -0.2) is 0 Å². The lowest BCUT2D eigenvalue weighted by Crippen LogP contribution is -2.40. The summed E-state index contributed by atoms with van der Waals surface area (Å²) in [6, 6.07) is 8.35. The van der Waals surface area contributed by atoms with E-state index in [1.165, 1.54) is 97.6 Å². The Morgan fingerprint density at radius 3 is 1.45 bits per heavy atom. The Morgan fingerprint density at radius 1 is 0.600 bits per heavy atom. The van der Waals surface area contributed by atoms with E-state index in [2.05, 4.69) is 39.1 Å². The molecule has 6 aliphatic carbocycles. The second-order valence-corrected chi connectivity index (χ2v) is 15.1. The minimum Gasteiger partial charge on any atom is -0.507 e. The van der Waals surface area contributed by atoms with Crippen molar-refractivity contribution < 1.29 is 10.2 Å². The van der Waals surface area contributed by atoms with Crippen LogP contribution >= 0.6 is 0 Å². The quantitative estimate of drug-likeness (QED) is 0.358. The lowest BCUT2D eigenvalue weighted by molar-refractivity contribution is 0.0814. The van der Waals surface area contributed by atoms with Gasteiger partial charge >= 0.3 is 0 Å². The third kappa shape index (κ3) is 3.17. The van der Waals surface area contributed by atoms with Gasteiger partial charge in [-0.05, 0) is 158 Å². The fourth-order valence-corrected chi connectivity index (χ4v) is 11.7. The molecule has 2 nitrogen and oxygen atoms in total. The molecule has 40 heavy (non-hydrogen) atoms. The number of fused-ring (bicyclic) bond motifs is 10. The summed E-state index contributed by atoms with van der Waals surface area (Å²) in [6.45, 7) is 14.0. The largest absolute Gasteiger partial charge is 0.507 e. The zero-order valence-corrected chi connectivity index (χ0v) is 24.6. The number of allylic oxidation sites excluding steroid dienone is 2. The summed E-state index contributed by atoms with van der Waals surface area (Å²) in [4.78, 5) is 0. The summed E-state index contributed by atoms with van der Waals surface area (Å²) in [6.07, 6.45) is 14.2. The number of rotatable bonds is 1. The minimum atomic E-state index is 0.313. The summed E-state index contributed by atoms with van der Waals surface area (Å²) >= 11 is 0. The van der Waals surface area contributed by atoms with Gasteiger partial charge in [0.1, 0.15) is 11.5 Å². The van der Waals surface area contributed by atoms with Gasteiger partial charge in [0.15, 0.2) is 0 Å². The average Bonchev–Trinajstić information content (AvgIpc) is 3.43. The standard InChI is InChI=1S/C38H46O2/c1-21-5-13-31-27-7-9-29-23(25(27)17-19-37(21,31)3)11-15-33(39)35(29)36-30-10-8-28-26(24(30)12-16-34(36)40)18-20-38(4)22(2)6-14-32(28)38/h11-12,15-16,25-28,31-32,39-40H,1-2,5-10,13-14,17-20H2,3-4H3/t25?,26?,27?,28?,31?,32?,37-,38?/m1/s1. The Kier molecular flexibility index (Phi) is 5.38. The van der Waals surface area contributed by atoms with Crippen molar-refractivity contribution in [2.45, 2.75) is 103 Å². The van der Waals surface area contributed by atoms with Gasteiger partial charge in [0.2, 0.25) is 0 Å². The number of phenolic OH excluding ortho intramolecular Hbond substituents is 2. The molecule has 4 saturated carbocycles. The van der Waals surface area contributed by atoms with E-state index in [1.807, 2.05) is 12.1 Å². The molecule has 0 spiro atoms. The summed E-state index contributed by atoms with van der Waals surface area (Å²) in [5.74, 6) is 4.71. The van der Waals surface area contributed by atoms with Crippen LogP contribution in [-0.2, 0) is 12.8 Å².